The Bertz CT molecular complexity index is 422. The summed E-state index contributed by atoms with van der Waals surface area (Å²) in [5, 5.41) is 9.47. The van der Waals surface area contributed by atoms with Gasteiger partial charge in [0.15, 0.2) is 0 Å². The van der Waals surface area contributed by atoms with Gasteiger partial charge in [0, 0.05) is 6.10 Å². The van der Waals surface area contributed by atoms with Crippen LogP contribution in [0.2, 0.25) is 0 Å². The molecule has 0 spiro atoms. The summed E-state index contributed by atoms with van der Waals surface area (Å²) in [5.74, 6) is 0.219. The number of aromatic hydroxyl groups is 1. The van der Waals surface area contributed by atoms with Crippen LogP contribution in [0.5, 0.6) is 5.75 Å². The molecule has 0 saturated carbocycles. The highest BCUT2D eigenvalue weighted by Crippen LogP contribution is 2.27. The van der Waals surface area contributed by atoms with Crippen molar-refractivity contribution in [2.45, 2.75) is 38.9 Å². The Hall–Kier alpha value is -0.515. The van der Waals surface area contributed by atoms with Crippen LogP contribution < -0.4 is 5.46 Å². The van der Waals surface area contributed by atoms with Crippen molar-refractivity contribution in [2.75, 3.05) is 0 Å². The number of rotatable bonds is 1. The summed E-state index contributed by atoms with van der Waals surface area (Å²) in [6, 6.07) is 5.28. The van der Waals surface area contributed by atoms with Crippen molar-refractivity contribution in [1.82, 2.24) is 0 Å². The summed E-state index contributed by atoms with van der Waals surface area (Å²) in [6.45, 7) is 6.18. The second-order valence-corrected chi connectivity index (χ2v) is 5.93. The smallest absolute Gasteiger partial charge is 0.494 e. The molecule has 3 nitrogen and oxygen atoms in total. The minimum absolute atomic E-state index is 0.163. The van der Waals surface area contributed by atoms with Crippen molar-refractivity contribution in [3.63, 3.8) is 0 Å². The summed E-state index contributed by atoms with van der Waals surface area (Å²) in [6.07, 6.45) is 1.04. The topological polar surface area (TPSA) is 38.7 Å². The van der Waals surface area contributed by atoms with Crippen LogP contribution in [0.25, 0.3) is 0 Å². The highest BCUT2D eigenvalue weighted by molar-refractivity contribution is 9.10. The first-order valence-electron chi connectivity index (χ1n) is 5.69. The van der Waals surface area contributed by atoms with Gasteiger partial charge >= 0.3 is 7.12 Å². The fraction of sp³-hybridized carbons (Fsp3) is 0.500. The zero-order valence-electron chi connectivity index (χ0n) is 10.2. The maximum atomic E-state index is 9.47. The van der Waals surface area contributed by atoms with Gasteiger partial charge in [0.2, 0.25) is 0 Å². The van der Waals surface area contributed by atoms with E-state index in [1.165, 1.54) is 0 Å². The lowest BCUT2D eigenvalue weighted by atomic mass is 9.75. The third kappa shape index (κ3) is 3.03. The summed E-state index contributed by atoms with van der Waals surface area (Å²) in [5.41, 5.74) is 0.724. The largest absolute Gasteiger partial charge is 0.507 e. The van der Waals surface area contributed by atoms with E-state index in [4.69, 9.17) is 9.31 Å². The maximum Gasteiger partial charge on any atom is 0.494 e. The third-order valence-electron chi connectivity index (χ3n) is 2.80. The fourth-order valence-electron chi connectivity index (χ4n) is 2.13. The summed E-state index contributed by atoms with van der Waals surface area (Å²) in [4.78, 5) is 0. The van der Waals surface area contributed by atoms with Gasteiger partial charge in [-0.2, -0.15) is 0 Å². The highest BCUT2D eigenvalue weighted by Gasteiger charge is 2.38. The summed E-state index contributed by atoms with van der Waals surface area (Å²) in [7, 11) is -0.370. The van der Waals surface area contributed by atoms with Gasteiger partial charge in [0.25, 0.3) is 0 Å². The molecule has 1 heterocycles. The monoisotopic (exact) mass is 298 g/mol. The van der Waals surface area contributed by atoms with E-state index in [2.05, 4.69) is 29.8 Å². The van der Waals surface area contributed by atoms with Crippen LogP contribution in [0.3, 0.4) is 0 Å². The fourth-order valence-corrected chi connectivity index (χ4v) is 2.53. The van der Waals surface area contributed by atoms with Crippen LogP contribution in [0.4, 0.5) is 0 Å². The Morgan fingerprint density at radius 2 is 2.18 bits per heavy atom. The average molecular weight is 299 g/mol. The molecule has 92 valence electrons. The zero-order chi connectivity index (χ0) is 12.6. The summed E-state index contributed by atoms with van der Waals surface area (Å²) < 4.78 is 12.3. The van der Waals surface area contributed by atoms with Crippen molar-refractivity contribution in [3.8, 4) is 5.75 Å². The van der Waals surface area contributed by atoms with E-state index in [-0.39, 0.29) is 24.6 Å². The molecular weight excluding hydrogens is 283 g/mol. The van der Waals surface area contributed by atoms with Crippen molar-refractivity contribution in [1.29, 1.82) is 0 Å². The highest BCUT2D eigenvalue weighted by atomic mass is 79.9. The third-order valence-corrected chi connectivity index (χ3v) is 3.44. The summed E-state index contributed by atoms with van der Waals surface area (Å²) >= 11 is 3.30. The molecule has 1 aliphatic heterocycles. The van der Waals surface area contributed by atoms with Gasteiger partial charge in [-0.1, -0.05) is 6.07 Å². The van der Waals surface area contributed by atoms with Crippen LogP contribution in [0.1, 0.15) is 27.2 Å². The normalized spacial score (nSPS) is 23.8. The molecule has 1 atom stereocenters. The first kappa shape index (κ1) is 12.9. The van der Waals surface area contributed by atoms with Crippen LogP contribution in [-0.4, -0.2) is 23.9 Å². The molecule has 1 aromatic rings. The standard InChI is InChI=1S/C12H16BBrO3/c1-8-7-12(2,3)17-13(16-8)9-4-5-11(15)10(14)6-9/h4-6,8,15H,7H2,1-3H3. The van der Waals surface area contributed by atoms with Crippen molar-refractivity contribution in [2.24, 2.45) is 0 Å². The number of phenolic OH excluding ortho intramolecular Hbond substituents is 1. The molecule has 1 fully saturated rings. The van der Waals surface area contributed by atoms with E-state index < -0.39 is 0 Å². The van der Waals surface area contributed by atoms with Crippen molar-refractivity contribution >= 4 is 28.5 Å². The lowest BCUT2D eigenvalue weighted by molar-refractivity contribution is -0.0229. The maximum absolute atomic E-state index is 9.47. The molecule has 0 bridgehead atoms. The molecule has 1 aliphatic rings. The molecule has 0 aliphatic carbocycles. The zero-order valence-corrected chi connectivity index (χ0v) is 11.8. The molecule has 1 aromatic carbocycles. The molecule has 0 amide bonds. The van der Waals surface area contributed by atoms with Gasteiger partial charge in [0.1, 0.15) is 5.75 Å². The number of hydrogen-bond donors (Lipinski definition) is 1. The lowest BCUT2D eigenvalue weighted by Crippen LogP contribution is -2.51. The molecule has 0 radical (unpaired) electrons. The van der Waals surface area contributed by atoms with Crippen molar-refractivity contribution < 1.29 is 14.4 Å². The quantitative estimate of drug-likeness (QED) is 0.810. The Morgan fingerprint density at radius 1 is 1.47 bits per heavy atom. The Kier molecular flexibility index (Phi) is 3.52. The number of phenols is 1. The van der Waals surface area contributed by atoms with Crippen LogP contribution in [0.15, 0.2) is 22.7 Å². The molecule has 1 N–H and O–H groups in total. The Labute approximate surface area is 110 Å². The predicted molar refractivity (Wildman–Crippen MR) is 71.5 cm³/mol. The second-order valence-electron chi connectivity index (χ2n) is 5.07. The second kappa shape index (κ2) is 4.63. The molecule has 2 rings (SSSR count). The van der Waals surface area contributed by atoms with Gasteiger partial charge in [-0.05, 0) is 60.7 Å². The molecule has 17 heavy (non-hydrogen) atoms. The average Bonchev–Trinajstić information content (AvgIpc) is 2.19. The van der Waals surface area contributed by atoms with Crippen LogP contribution >= 0.6 is 15.9 Å². The van der Waals surface area contributed by atoms with Gasteiger partial charge in [-0.25, -0.2) is 0 Å². The first-order valence-corrected chi connectivity index (χ1v) is 6.48. The van der Waals surface area contributed by atoms with E-state index in [1.807, 2.05) is 19.1 Å². The molecule has 1 unspecified atom stereocenters. The Morgan fingerprint density at radius 3 is 2.76 bits per heavy atom. The van der Waals surface area contributed by atoms with E-state index in [0.717, 1.165) is 11.9 Å². The van der Waals surface area contributed by atoms with Gasteiger partial charge in [-0.15, -0.1) is 0 Å². The Balaban J connectivity index is 2.24. The van der Waals surface area contributed by atoms with Crippen LogP contribution in [0, 0.1) is 0 Å². The molecule has 5 heteroatoms. The minimum atomic E-state index is -0.370. The van der Waals surface area contributed by atoms with E-state index in [9.17, 15) is 5.11 Å². The first-order chi connectivity index (χ1) is 7.87. The van der Waals surface area contributed by atoms with Gasteiger partial charge < -0.3 is 14.4 Å². The SMILES string of the molecule is CC1CC(C)(C)OB(c2ccc(O)c(Br)c2)O1. The predicted octanol–water partition coefficient (Wildman–Crippen LogP) is 2.45. The lowest BCUT2D eigenvalue weighted by Gasteiger charge is -2.38. The number of hydrogen-bond acceptors (Lipinski definition) is 3. The van der Waals surface area contributed by atoms with Crippen LogP contribution in [-0.2, 0) is 9.31 Å². The number of halogens is 1. The van der Waals surface area contributed by atoms with Gasteiger partial charge in [0.05, 0.1) is 10.1 Å². The number of benzene rings is 1. The van der Waals surface area contributed by atoms with E-state index in [1.54, 1.807) is 6.07 Å². The van der Waals surface area contributed by atoms with E-state index in [0.29, 0.717) is 4.47 Å². The van der Waals surface area contributed by atoms with E-state index >= 15 is 0 Å². The van der Waals surface area contributed by atoms with Gasteiger partial charge in [-0.3, -0.25) is 0 Å². The van der Waals surface area contributed by atoms with Crippen molar-refractivity contribution in [3.05, 3.63) is 22.7 Å². The molecular formula is C12H16BBrO3. The molecule has 0 aromatic heterocycles. The minimum Gasteiger partial charge on any atom is -0.507 e. The molecule has 1 saturated heterocycles.